The SMILES string of the molecule is CCCC(N)c1ccn(CCC)c1. The molecule has 0 bridgehead atoms. The van der Waals surface area contributed by atoms with Gasteiger partial charge in [0.15, 0.2) is 0 Å². The summed E-state index contributed by atoms with van der Waals surface area (Å²) in [6.45, 7) is 5.45. The maximum atomic E-state index is 6.00. The molecule has 0 aromatic carbocycles. The molecular formula is C11H20N2. The smallest absolute Gasteiger partial charge is 0.0309 e. The zero-order valence-corrected chi connectivity index (χ0v) is 8.66. The van der Waals surface area contributed by atoms with Gasteiger partial charge in [0.1, 0.15) is 0 Å². The highest BCUT2D eigenvalue weighted by Crippen LogP contribution is 2.15. The first-order chi connectivity index (χ1) is 6.27. The molecule has 1 aromatic heterocycles. The van der Waals surface area contributed by atoms with Crippen molar-refractivity contribution in [3.05, 3.63) is 24.0 Å². The summed E-state index contributed by atoms with van der Waals surface area (Å²) in [7, 11) is 0. The molecule has 0 amide bonds. The molecule has 0 aliphatic heterocycles. The van der Waals surface area contributed by atoms with E-state index in [1.165, 1.54) is 12.0 Å². The third-order valence-corrected chi connectivity index (χ3v) is 2.28. The van der Waals surface area contributed by atoms with Crippen molar-refractivity contribution in [3.63, 3.8) is 0 Å². The van der Waals surface area contributed by atoms with E-state index < -0.39 is 0 Å². The summed E-state index contributed by atoms with van der Waals surface area (Å²) >= 11 is 0. The Bertz CT molecular complexity index is 240. The van der Waals surface area contributed by atoms with Gasteiger partial charge in [-0.2, -0.15) is 0 Å². The predicted octanol–water partition coefficient (Wildman–Crippen LogP) is 2.70. The molecule has 1 rings (SSSR count). The van der Waals surface area contributed by atoms with Crippen LogP contribution in [0, 0.1) is 0 Å². The third-order valence-electron chi connectivity index (χ3n) is 2.28. The van der Waals surface area contributed by atoms with Crippen LogP contribution in [0.15, 0.2) is 18.5 Å². The van der Waals surface area contributed by atoms with Gasteiger partial charge in [0.2, 0.25) is 0 Å². The van der Waals surface area contributed by atoms with Gasteiger partial charge in [-0.3, -0.25) is 0 Å². The van der Waals surface area contributed by atoms with Gasteiger partial charge in [0.25, 0.3) is 0 Å². The van der Waals surface area contributed by atoms with E-state index in [0.717, 1.165) is 19.4 Å². The number of aryl methyl sites for hydroxylation is 1. The molecule has 1 atom stereocenters. The summed E-state index contributed by atoms with van der Waals surface area (Å²) in [4.78, 5) is 0. The summed E-state index contributed by atoms with van der Waals surface area (Å²) in [5.74, 6) is 0. The summed E-state index contributed by atoms with van der Waals surface area (Å²) in [6.07, 6.45) is 7.70. The fourth-order valence-electron chi connectivity index (χ4n) is 1.55. The van der Waals surface area contributed by atoms with E-state index in [-0.39, 0.29) is 6.04 Å². The summed E-state index contributed by atoms with van der Waals surface area (Å²) in [5, 5.41) is 0. The lowest BCUT2D eigenvalue weighted by Gasteiger charge is -2.07. The maximum Gasteiger partial charge on any atom is 0.0309 e. The fourth-order valence-corrected chi connectivity index (χ4v) is 1.55. The molecule has 2 N–H and O–H groups in total. The van der Waals surface area contributed by atoms with Crippen molar-refractivity contribution in [2.24, 2.45) is 5.73 Å². The molecule has 1 unspecified atom stereocenters. The standard InChI is InChI=1S/C11H20N2/c1-3-5-11(12)10-6-8-13(9-10)7-4-2/h6,8-9,11H,3-5,7,12H2,1-2H3. The molecule has 1 heterocycles. The molecular weight excluding hydrogens is 160 g/mol. The normalized spacial score (nSPS) is 13.2. The highest BCUT2D eigenvalue weighted by molar-refractivity contribution is 5.14. The van der Waals surface area contributed by atoms with Crippen LogP contribution in [-0.2, 0) is 6.54 Å². The van der Waals surface area contributed by atoms with Crippen molar-refractivity contribution >= 4 is 0 Å². The van der Waals surface area contributed by atoms with Crippen LogP contribution in [-0.4, -0.2) is 4.57 Å². The minimum absolute atomic E-state index is 0.225. The predicted molar refractivity (Wildman–Crippen MR) is 56.6 cm³/mol. The van der Waals surface area contributed by atoms with Crippen LogP contribution in [0.4, 0.5) is 0 Å². The number of nitrogens with zero attached hydrogens (tertiary/aromatic N) is 1. The highest BCUT2D eigenvalue weighted by Gasteiger charge is 2.05. The highest BCUT2D eigenvalue weighted by atomic mass is 14.9. The molecule has 74 valence electrons. The fraction of sp³-hybridized carbons (Fsp3) is 0.636. The monoisotopic (exact) mass is 180 g/mol. The zero-order valence-electron chi connectivity index (χ0n) is 8.66. The second-order valence-electron chi connectivity index (χ2n) is 3.58. The average molecular weight is 180 g/mol. The number of aromatic nitrogens is 1. The Morgan fingerprint density at radius 2 is 2.15 bits per heavy atom. The van der Waals surface area contributed by atoms with Gasteiger partial charge >= 0.3 is 0 Å². The van der Waals surface area contributed by atoms with E-state index in [4.69, 9.17) is 5.73 Å². The zero-order chi connectivity index (χ0) is 9.68. The molecule has 0 radical (unpaired) electrons. The van der Waals surface area contributed by atoms with Crippen molar-refractivity contribution in [3.8, 4) is 0 Å². The van der Waals surface area contributed by atoms with Gasteiger partial charge in [0, 0.05) is 25.0 Å². The molecule has 0 fully saturated rings. The van der Waals surface area contributed by atoms with E-state index >= 15 is 0 Å². The van der Waals surface area contributed by atoms with E-state index in [9.17, 15) is 0 Å². The second kappa shape index (κ2) is 5.07. The van der Waals surface area contributed by atoms with Gasteiger partial charge in [-0.05, 0) is 24.5 Å². The third kappa shape index (κ3) is 2.88. The average Bonchev–Trinajstić information content (AvgIpc) is 2.54. The van der Waals surface area contributed by atoms with Gasteiger partial charge in [-0.15, -0.1) is 0 Å². The van der Waals surface area contributed by atoms with Gasteiger partial charge in [-0.1, -0.05) is 20.3 Å². The lowest BCUT2D eigenvalue weighted by atomic mass is 10.1. The molecule has 0 spiro atoms. The molecule has 0 saturated carbocycles. The molecule has 1 aromatic rings. The first kappa shape index (κ1) is 10.3. The summed E-state index contributed by atoms with van der Waals surface area (Å²) in [5.41, 5.74) is 7.28. The van der Waals surface area contributed by atoms with Gasteiger partial charge < -0.3 is 10.3 Å². The van der Waals surface area contributed by atoms with E-state index in [1.54, 1.807) is 0 Å². The Balaban J connectivity index is 2.56. The molecule has 2 nitrogen and oxygen atoms in total. The second-order valence-corrected chi connectivity index (χ2v) is 3.58. The molecule has 0 aliphatic rings. The van der Waals surface area contributed by atoms with Crippen molar-refractivity contribution in [2.45, 2.75) is 45.7 Å². The first-order valence-electron chi connectivity index (χ1n) is 5.19. The maximum absolute atomic E-state index is 6.00. The Morgan fingerprint density at radius 3 is 2.77 bits per heavy atom. The minimum Gasteiger partial charge on any atom is -0.354 e. The molecule has 0 aliphatic carbocycles. The Kier molecular flexibility index (Phi) is 4.03. The summed E-state index contributed by atoms with van der Waals surface area (Å²) < 4.78 is 2.21. The van der Waals surface area contributed by atoms with Gasteiger partial charge in [-0.25, -0.2) is 0 Å². The number of hydrogen-bond donors (Lipinski definition) is 1. The number of nitrogens with two attached hydrogens (primary N) is 1. The molecule has 0 saturated heterocycles. The lowest BCUT2D eigenvalue weighted by Crippen LogP contribution is -2.08. The topological polar surface area (TPSA) is 30.9 Å². The van der Waals surface area contributed by atoms with E-state index in [0.29, 0.717) is 0 Å². The molecule has 2 heteroatoms. The summed E-state index contributed by atoms with van der Waals surface area (Å²) in [6, 6.07) is 2.36. The number of hydrogen-bond acceptors (Lipinski definition) is 1. The van der Waals surface area contributed by atoms with Crippen LogP contribution in [0.5, 0.6) is 0 Å². The van der Waals surface area contributed by atoms with Crippen molar-refractivity contribution in [1.82, 2.24) is 4.57 Å². The van der Waals surface area contributed by atoms with Crippen LogP contribution in [0.25, 0.3) is 0 Å². The molecule has 13 heavy (non-hydrogen) atoms. The first-order valence-corrected chi connectivity index (χ1v) is 5.19. The van der Waals surface area contributed by atoms with E-state index in [2.05, 4.69) is 36.9 Å². The lowest BCUT2D eigenvalue weighted by molar-refractivity contribution is 0.630. The Morgan fingerprint density at radius 1 is 1.38 bits per heavy atom. The van der Waals surface area contributed by atoms with Crippen LogP contribution >= 0.6 is 0 Å². The van der Waals surface area contributed by atoms with Crippen LogP contribution < -0.4 is 5.73 Å². The quantitative estimate of drug-likeness (QED) is 0.742. The van der Waals surface area contributed by atoms with Crippen molar-refractivity contribution < 1.29 is 0 Å². The number of rotatable bonds is 5. The van der Waals surface area contributed by atoms with Crippen LogP contribution in [0.1, 0.15) is 44.7 Å². The van der Waals surface area contributed by atoms with Crippen LogP contribution in [0.2, 0.25) is 0 Å². The van der Waals surface area contributed by atoms with E-state index in [1.807, 2.05) is 0 Å². The Labute approximate surface area is 80.7 Å². The van der Waals surface area contributed by atoms with Crippen molar-refractivity contribution in [2.75, 3.05) is 0 Å². The largest absolute Gasteiger partial charge is 0.354 e. The Hall–Kier alpha value is -0.760. The van der Waals surface area contributed by atoms with Crippen LogP contribution in [0.3, 0.4) is 0 Å². The minimum atomic E-state index is 0.225. The van der Waals surface area contributed by atoms with Crippen molar-refractivity contribution in [1.29, 1.82) is 0 Å². The van der Waals surface area contributed by atoms with Gasteiger partial charge in [0.05, 0.1) is 0 Å².